The minimum Gasteiger partial charge on any atom is -0.484 e. The normalized spacial score (nSPS) is 11.2. The van der Waals surface area contributed by atoms with Crippen LogP contribution < -0.4 is 15.6 Å². The van der Waals surface area contributed by atoms with E-state index in [1.54, 1.807) is 18.2 Å². The lowest BCUT2D eigenvalue weighted by Crippen LogP contribution is -2.43. The molecule has 0 unspecified atom stereocenters. The predicted octanol–water partition coefficient (Wildman–Crippen LogP) is 2.95. The molecule has 2 N–H and O–H groups in total. The van der Waals surface area contributed by atoms with Crippen LogP contribution in [0.3, 0.4) is 0 Å². The van der Waals surface area contributed by atoms with Crippen molar-refractivity contribution in [2.75, 3.05) is 6.61 Å². The molecule has 0 radical (unpaired) electrons. The fourth-order valence-corrected chi connectivity index (χ4v) is 1.86. The van der Waals surface area contributed by atoms with Crippen molar-refractivity contribution in [1.29, 1.82) is 0 Å². The van der Waals surface area contributed by atoms with Crippen molar-refractivity contribution in [1.82, 2.24) is 10.9 Å². The van der Waals surface area contributed by atoms with Crippen LogP contribution in [0.15, 0.2) is 60.7 Å². The Morgan fingerprint density at radius 3 is 2.42 bits per heavy atom. The summed E-state index contributed by atoms with van der Waals surface area (Å²) in [5.74, 6) is -1.39. The van der Waals surface area contributed by atoms with Gasteiger partial charge in [0.1, 0.15) is 5.75 Å². The highest BCUT2D eigenvalue weighted by atomic mass is 19.4. The van der Waals surface area contributed by atoms with Crippen LogP contribution in [0.4, 0.5) is 13.2 Å². The van der Waals surface area contributed by atoms with Crippen LogP contribution in [0.5, 0.6) is 5.75 Å². The van der Waals surface area contributed by atoms with E-state index in [4.69, 9.17) is 4.74 Å². The molecule has 136 valence electrons. The number of halogens is 3. The molecule has 0 atom stereocenters. The first kappa shape index (κ1) is 19.0. The molecule has 0 bridgehead atoms. The summed E-state index contributed by atoms with van der Waals surface area (Å²) >= 11 is 0. The second-order valence-electron chi connectivity index (χ2n) is 5.10. The van der Waals surface area contributed by atoms with Gasteiger partial charge in [-0.3, -0.25) is 20.4 Å². The standard InChI is InChI=1S/C18H15F3N2O3/c19-18(20,21)14-7-4-8-15(11-14)26-12-17(25)23-22-16(24)10-9-13-5-2-1-3-6-13/h1-11H,12H2,(H,22,24)(H,23,25)/b10-9+. The number of hydrazine groups is 1. The zero-order chi connectivity index (χ0) is 19.0. The number of benzene rings is 2. The third-order valence-corrected chi connectivity index (χ3v) is 3.08. The molecule has 0 aliphatic rings. The summed E-state index contributed by atoms with van der Waals surface area (Å²) in [4.78, 5) is 23.2. The fourth-order valence-electron chi connectivity index (χ4n) is 1.86. The van der Waals surface area contributed by atoms with Crippen molar-refractivity contribution in [3.8, 4) is 5.75 Å². The molecular formula is C18H15F3N2O3. The number of ether oxygens (including phenoxy) is 1. The first-order chi connectivity index (χ1) is 12.3. The van der Waals surface area contributed by atoms with E-state index in [2.05, 4.69) is 10.9 Å². The highest BCUT2D eigenvalue weighted by Gasteiger charge is 2.30. The van der Waals surface area contributed by atoms with Gasteiger partial charge in [-0.25, -0.2) is 0 Å². The number of carbonyl (C=O) groups is 2. The van der Waals surface area contributed by atoms with Crippen LogP contribution in [0.1, 0.15) is 11.1 Å². The summed E-state index contributed by atoms with van der Waals surface area (Å²) in [7, 11) is 0. The third-order valence-electron chi connectivity index (χ3n) is 3.08. The van der Waals surface area contributed by atoms with Crippen molar-refractivity contribution < 1.29 is 27.5 Å². The Labute approximate surface area is 147 Å². The van der Waals surface area contributed by atoms with Crippen LogP contribution in [-0.4, -0.2) is 18.4 Å². The minimum atomic E-state index is -4.50. The van der Waals surface area contributed by atoms with E-state index >= 15 is 0 Å². The van der Waals surface area contributed by atoms with Crippen molar-refractivity contribution in [3.63, 3.8) is 0 Å². The lowest BCUT2D eigenvalue weighted by Gasteiger charge is -2.10. The Bertz CT molecular complexity index is 790. The SMILES string of the molecule is O=C(/C=C/c1ccccc1)NNC(=O)COc1cccc(C(F)(F)F)c1. The smallest absolute Gasteiger partial charge is 0.416 e. The van der Waals surface area contributed by atoms with Crippen LogP contribution in [0, 0.1) is 0 Å². The molecule has 0 fully saturated rings. The highest BCUT2D eigenvalue weighted by Crippen LogP contribution is 2.31. The van der Waals surface area contributed by atoms with Crippen LogP contribution in [-0.2, 0) is 15.8 Å². The summed E-state index contributed by atoms with van der Waals surface area (Å²) in [5, 5.41) is 0. The molecule has 0 heterocycles. The zero-order valence-electron chi connectivity index (χ0n) is 13.4. The van der Waals surface area contributed by atoms with Crippen molar-refractivity contribution in [3.05, 3.63) is 71.8 Å². The minimum absolute atomic E-state index is 0.106. The third kappa shape index (κ3) is 6.31. The molecular weight excluding hydrogens is 349 g/mol. The molecule has 5 nitrogen and oxygen atoms in total. The van der Waals surface area contributed by atoms with Gasteiger partial charge < -0.3 is 4.74 Å². The molecule has 2 aromatic carbocycles. The van der Waals surface area contributed by atoms with Crippen LogP contribution >= 0.6 is 0 Å². The molecule has 2 amide bonds. The average Bonchev–Trinajstić information content (AvgIpc) is 2.63. The average molecular weight is 364 g/mol. The molecule has 8 heteroatoms. The van der Waals surface area contributed by atoms with Crippen molar-refractivity contribution >= 4 is 17.9 Å². The Morgan fingerprint density at radius 2 is 1.73 bits per heavy atom. The quantitative estimate of drug-likeness (QED) is 0.633. The van der Waals surface area contributed by atoms with Crippen molar-refractivity contribution in [2.24, 2.45) is 0 Å². The maximum atomic E-state index is 12.6. The van der Waals surface area contributed by atoms with E-state index in [0.717, 1.165) is 17.7 Å². The van der Waals surface area contributed by atoms with Gasteiger partial charge in [0.15, 0.2) is 6.61 Å². The maximum absolute atomic E-state index is 12.6. The van der Waals surface area contributed by atoms with Gasteiger partial charge in [-0.2, -0.15) is 13.2 Å². The topological polar surface area (TPSA) is 67.4 Å². The molecule has 0 saturated heterocycles. The Kier molecular flexibility index (Phi) is 6.37. The summed E-state index contributed by atoms with van der Waals surface area (Å²) in [5.41, 5.74) is 4.16. The zero-order valence-corrected chi connectivity index (χ0v) is 13.4. The van der Waals surface area contributed by atoms with Gasteiger partial charge >= 0.3 is 6.18 Å². The summed E-state index contributed by atoms with van der Waals surface area (Å²) in [6, 6.07) is 13.2. The molecule has 2 aromatic rings. The maximum Gasteiger partial charge on any atom is 0.416 e. The number of amides is 2. The van der Waals surface area contributed by atoms with E-state index in [9.17, 15) is 22.8 Å². The second-order valence-corrected chi connectivity index (χ2v) is 5.10. The molecule has 26 heavy (non-hydrogen) atoms. The van der Waals surface area contributed by atoms with Gasteiger partial charge in [-0.05, 0) is 29.8 Å². The predicted molar refractivity (Wildman–Crippen MR) is 88.7 cm³/mol. The van der Waals surface area contributed by atoms with Gasteiger partial charge in [0, 0.05) is 6.08 Å². The highest BCUT2D eigenvalue weighted by molar-refractivity contribution is 5.93. The Morgan fingerprint density at radius 1 is 1.00 bits per heavy atom. The lowest BCUT2D eigenvalue weighted by molar-refractivity contribution is -0.137. The molecule has 2 rings (SSSR count). The Balaban J connectivity index is 1.77. The van der Waals surface area contributed by atoms with E-state index in [1.165, 1.54) is 18.2 Å². The van der Waals surface area contributed by atoms with Gasteiger partial charge in [0.05, 0.1) is 5.56 Å². The summed E-state index contributed by atoms with van der Waals surface area (Å²) in [6.45, 7) is -0.552. The lowest BCUT2D eigenvalue weighted by atomic mass is 10.2. The van der Waals surface area contributed by atoms with Gasteiger partial charge in [-0.15, -0.1) is 0 Å². The fraction of sp³-hybridized carbons (Fsp3) is 0.111. The Hall–Kier alpha value is -3.29. The first-order valence-electron chi connectivity index (χ1n) is 7.46. The largest absolute Gasteiger partial charge is 0.484 e. The van der Waals surface area contributed by atoms with Gasteiger partial charge in [-0.1, -0.05) is 36.4 Å². The number of carbonyl (C=O) groups excluding carboxylic acids is 2. The summed E-state index contributed by atoms with van der Waals surface area (Å²) < 4.78 is 42.7. The number of hydrogen-bond donors (Lipinski definition) is 2. The second kappa shape index (κ2) is 8.70. The molecule has 0 aromatic heterocycles. The number of rotatable bonds is 5. The van der Waals surface area contributed by atoms with Crippen LogP contribution in [0.25, 0.3) is 6.08 Å². The molecule has 0 saturated carbocycles. The molecule has 0 aliphatic carbocycles. The summed E-state index contributed by atoms with van der Waals surface area (Å²) in [6.07, 6.45) is -1.72. The van der Waals surface area contributed by atoms with E-state index in [0.29, 0.717) is 0 Å². The monoisotopic (exact) mass is 364 g/mol. The van der Waals surface area contributed by atoms with E-state index in [-0.39, 0.29) is 5.75 Å². The van der Waals surface area contributed by atoms with Crippen molar-refractivity contribution in [2.45, 2.75) is 6.18 Å². The molecule has 0 spiro atoms. The van der Waals surface area contributed by atoms with Crippen LogP contribution in [0.2, 0.25) is 0 Å². The number of hydrogen-bond acceptors (Lipinski definition) is 3. The van der Waals surface area contributed by atoms with Gasteiger partial charge in [0.2, 0.25) is 0 Å². The number of nitrogens with one attached hydrogen (secondary N) is 2. The van der Waals surface area contributed by atoms with E-state index in [1.807, 2.05) is 18.2 Å². The van der Waals surface area contributed by atoms with Gasteiger partial charge in [0.25, 0.3) is 11.8 Å². The first-order valence-corrected chi connectivity index (χ1v) is 7.46. The number of alkyl halides is 3. The van der Waals surface area contributed by atoms with E-state index < -0.39 is 30.2 Å². The molecule has 0 aliphatic heterocycles.